The summed E-state index contributed by atoms with van der Waals surface area (Å²) < 4.78 is 0. The number of pyridine rings is 1. The molecule has 100 valence electrons. The monoisotopic (exact) mass is 248 g/mol. The topological polar surface area (TPSA) is 31.4 Å². The van der Waals surface area contributed by atoms with Crippen LogP contribution in [-0.4, -0.2) is 61.1 Å². The third kappa shape index (κ3) is 3.77. The quantitative estimate of drug-likeness (QED) is 0.851. The maximum Gasteiger partial charge on any atom is 0.0541 e. The molecule has 2 rings (SSSR count). The first-order valence-electron chi connectivity index (χ1n) is 6.66. The van der Waals surface area contributed by atoms with Crippen molar-refractivity contribution >= 4 is 0 Å². The maximum atomic E-state index is 4.41. The molecule has 0 aliphatic carbocycles. The summed E-state index contributed by atoms with van der Waals surface area (Å²) >= 11 is 0. The molecule has 1 N–H and O–H groups in total. The number of nitrogens with one attached hydrogen (secondary N) is 1. The van der Waals surface area contributed by atoms with Crippen LogP contribution in [0.1, 0.15) is 11.3 Å². The summed E-state index contributed by atoms with van der Waals surface area (Å²) in [5.41, 5.74) is 2.33. The highest BCUT2D eigenvalue weighted by Crippen LogP contribution is 2.05. The average molecular weight is 248 g/mol. The van der Waals surface area contributed by atoms with Crippen LogP contribution < -0.4 is 5.32 Å². The zero-order valence-electron chi connectivity index (χ0n) is 11.7. The number of nitrogens with zero attached hydrogens (tertiary/aromatic N) is 3. The lowest BCUT2D eigenvalue weighted by Crippen LogP contribution is -2.53. The Bertz CT molecular complexity index is 363. The molecule has 0 amide bonds. The molecule has 1 aromatic rings. The molecule has 4 nitrogen and oxygen atoms in total. The third-order valence-electron chi connectivity index (χ3n) is 3.64. The van der Waals surface area contributed by atoms with Gasteiger partial charge in [-0.15, -0.1) is 0 Å². The lowest BCUT2D eigenvalue weighted by molar-refractivity contribution is 0.113. The molecule has 1 aliphatic rings. The third-order valence-corrected chi connectivity index (χ3v) is 3.64. The van der Waals surface area contributed by atoms with Crippen molar-refractivity contribution in [2.45, 2.75) is 19.5 Å². The number of hydrogen-bond acceptors (Lipinski definition) is 4. The average Bonchev–Trinajstić information content (AvgIpc) is 2.36. The van der Waals surface area contributed by atoms with Crippen molar-refractivity contribution < 1.29 is 0 Å². The van der Waals surface area contributed by atoms with Crippen LogP contribution in [0, 0.1) is 6.92 Å². The second-order valence-electron chi connectivity index (χ2n) is 5.35. The summed E-state index contributed by atoms with van der Waals surface area (Å²) in [6.07, 6.45) is 1.93. The zero-order valence-corrected chi connectivity index (χ0v) is 11.7. The largest absolute Gasteiger partial charge is 0.310 e. The number of aromatic nitrogens is 1. The Kier molecular flexibility index (Phi) is 4.69. The van der Waals surface area contributed by atoms with E-state index in [1.807, 2.05) is 6.20 Å². The van der Waals surface area contributed by atoms with Gasteiger partial charge in [-0.05, 0) is 32.6 Å². The van der Waals surface area contributed by atoms with E-state index in [1.165, 1.54) is 12.1 Å². The van der Waals surface area contributed by atoms with Crippen LogP contribution in [0.4, 0.5) is 0 Å². The van der Waals surface area contributed by atoms with Gasteiger partial charge in [-0.1, -0.05) is 6.07 Å². The minimum Gasteiger partial charge on any atom is -0.310 e. The molecule has 4 heteroatoms. The summed E-state index contributed by atoms with van der Waals surface area (Å²) in [6.45, 7) is 7.42. The van der Waals surface area contributed by atoms with Gasteiger partial charge in [0.2, 0.25) is 0 Å². The Balaban J connectivity index is 1.76. The minimum absolute atomic E-state index is 0.606. The van der Waals surface area contributed by atoms with Crippen LogP contribution in [0.5, 0.6) is 0 Å². The minimum atomic E-state index is 0.606. The summed E-state index contributed by atoms with van der Waals surface area (Å²) in [7, 11) is 4.41. The van der Waals surface area contributed by atoms with Crippen LogP contribution in [0.2, 0.25) is 0 Å². The highest BCUT2D eigenvalue weighted by atomic mass is 15.3. The van der Waals surface area contributed by atoms with Gasteiger partial charge in [0.25, 0.3) is 0 Å². The van der Waals surface area contributed by atoms with E-state index in [0.717, 1.165) is 31.9 Å². The Morgan fingerprint density at radius 1 is 1.33 bits per heavy atom. The molecule has 0 aromatic carbocycles. The molecule has 1 saturated heterocycles. The molecule has 0 saturated carbocycles. The molecule has 1 fully saturated rings. The molecule has 18 heavy (non-hydrogen) atoms. The van der Waals surface area contributed by atoms with Gasteiger partial charge in [0.05, 0.1) is 5.69 Å². The Morgan fingerprint density at radius 3 is 2.89 bits per heavy atom. The van der Waals surface area contributed by atoms with Gasteiger partial charge in [0.1, 0.15) is 0 Å². The van der Waals surface area contributed by atoms with E-state index in [1.54, 1.807) is 0 Å². The Hall–Kier alpha value is -0.970. The van der Waals surface area contributed by atoms with Crippen molar-refractivity contribution in [3.63, 3.8) is 0 Å². The molecule has 1 aromatic heterocycles. The van der Waals surface area contributed by atoms with Gasteiger partial charge in [-0.2, -0.15) is 0 Å². The van der Waals surface area contributed by atoms with Crippen molar-refractivity contribution in [3.8, 4) is 0 Å². The molecule has 0 bridgehead atoms. The van der Waals surface area contributed by atoms with E-state index in [0.29, 0.717) is 6.04 Å². The predicted octanol–water partition coefficient (Wildman–Crippen LogP) is 0.725. The first-order chi connectivity index (χ1) is 8.65. The van der Waals surface area contributed by atoms with Gasteiger partial charge < -0.3 is 10.2 Å². The van der Waals surface area contributed by atoms with Gasteiger partial charge in [-0.3, -0.25) is 9.88 Å². The first-order valence-corrected chi connectivity index (χ1v) is 6.66. The van der Waals surface area contributed by atoms with Crippen LogP contribution >= 0.6 is 0 Å². The van der Waals surface area contributed by atoms with Crippen LogP contribution in [0.15, 0.2) is 18.3 Å². The summed E-state index contributed by atoms with van der Waals surface area (Å²) in [4.78, 5) is 9.25. The Labute approximate surface area is 110 Å². The number of aryl methyl sites for hydroxylation is 1. The molecule has 1 atom stereocenters. The normalized spacial score (nSPS) is 22.3. The van der Waals surface area contributed by atoms with E-state index < -0.39 is 0 Å². The van der Waals surface area contributed by atoms with E-state index in [-0.39, 0.29) is 0 Å². The predicted molar refractivity (Wildman–Crippen MR) is 74.6 cm³/mol. The smallest absolute Gasteiger partial charge is 0.0541 e. The molecule has 2 heterocycles. The Morgan fingerprint density at radius 2 is 2.17 bits per heavy atom. The van der Waals surface area contributed by atoms with Gasteiger partial charge >= 0.3 is 0 Å². The lowest BCUT2D eigenvalue weighted by atomic mass is 10.2. The van der Waals surface area contributed by atoms with Crippen molar-refractivity contribution in [1.29, 1.82) is 0 Å². The van der Waals surface area contributed by atoms with Crippen LogP contribution in [0.3, 0.4) is 0 Å². The second kappa shape index (κ2) is 6.27. The molecular formula is C14H24N4. The number of hydrogen-bond donors (Lipinski definition) is 1. The van der Waals surface area contributed by atoms with Crippen molar-refractivity contribution in [2.75, 3.05) is 40.3 Å². The fourth-order valence-electron chi connectivity index (χ4n) is 2.29. The number of piperazine rings is 1. The van der Waals surface area contributed by atoms with E-state index in [2.05, 4.69) is 53.3 Å². The molecule has 0 radical (unpaired) electrons. The summed E-state index contributed by atoms with van der Waals surface area (Å²) in [6, 6.07) is 4.82. The fraction of sp³-hybridized carbons (Fsp3) is 0.643. The van der Waals surface area contributed by atoms with E-state index in [4.69, 9.17) is 0 Å². The SMILES string of the molecule is Cc1ccc(CNCC2CN(C)CCN2C)nc1. The second-order valence-corrected chi connectivity index (χ2v) is 5.35. The molecular weight excluding hydrogens is 224 g/mol. The van der Waals surface area contributed by atoms with Gasteiger partial charge in [-0.25, -0.2) is 0 Å². The highest BCUT2D eigenvalue weighted by molar-refractivity contribution is 5.11. The summed E-state index contributed by atoms with van der Waals surface area (Å²) in [5, 5.41) is 3.51. The molecule has 1 unspecified atom stereocenters. The van der Waals surface area contributed by atoms with Crippen molar-refractivity contribution in [3.05, 3.63) is 29.6 Å². The maximum absolute atomic E-state index is 4.41. The van der Waals surface area contributed by atoms with Crippen LogP contribution in [-0.2, 0) is 6.54 Å². The van der Waals surface area contributed by atoms with E-state index in [9.17, 15) is 0 Å². The number of rotatable bonds is 4. The van der Waals surface area contributed by atoms with Crippen molar-refractivity contribution in [1.82, 2.24) is 20.1 Å². The van der Waals surface area contributed by atoms with Gasteiger partial charge in [0, 0.05) is 45.0 Å². The highest BCUT2D eigenvalue weighted by Gasteiger charge is 2.21. The van der Waals surface area contributed by atoms with Gasteiger partial charge in [0.15, 0.2) is 0 Å². The molecule has 1 aliphatic heterocycles. The van der Waals surface area contributed by atoms with Crippen LogP contribution in [0.25, 0.3) is 0 Å². The number of likely N-dealkylation sites (N-methyl/N-ethyl adjacent to an activating group) is 2. The molecule has 0 spiro atoms. The zero-order chi connectivity index (χ0) is 13.0. The fourth-order valence-corrected chi connectivity index (χ4v) is 2.29. The summed E-state index contributed by atoms with van der Waals surface area (Å²) in [5.74, 6) is 0. The lowest BCUT2D eigenvalue weighted by Gasteiger charge is -2.37. The van der Waals surface area contributed by atoms with E-state index >= 15 is 0 Å². The standard InChI is InChI=1S/C14H24N4/c1-12-4-5-13(16-8-12)9-15-10-14-11-17(2)6-7-18(14)3/h4-5,8,14-15H,6-7,9-11H2,1-3H3. The first kappa shape index (κ1) is 13.5. The van der Waals surface area contributed by atoms with Crippen molar-refractivity contribution in [2.24, 2.45) is 0 Å².